The standard InChI is InChI=1S/C31H30N2O3/c1-35-28-17-24(32-31(33-28)22-12-6-7-13-25(22)34)23-16-27-30(21-11-5-4-10-20(21)23)29-19-9-3-2-8-18(19)14-15-26(29)36-27/h2,4-8,10-13,16-17,22,25-26,29,31,33-34H,3,9,14-15H2,1H3. The van der Waals surface area contributed by atoms with E-state index in [1.807, 2.05) is 24.3 Å². The molecule has 5 atom stereocenters. The van der Waals surface area contributed by atoms with Gasteiger partial charge >= 0.3 is 0 Å². The first kappa shape index (κ1) is 21.7. The predicted octanol–water partition coefficient (Wildman–Crippen LogP) is 5.43. The van der Waals surface area contributed by atoms with E-state index in [-0.39, 0.29) is 18.2 Å². The molecule has 36 heavy (non-hydrogen) atoms. The van der Waals surface area contributed by atoms with E-state index in [4.69, 9.17) is 14.5 Å². The molecule has 5 nitrogen and oxygen atoms in total. The molecule has 0 aromatic heterocycles. The largest absolute Gasteiger partial charge is 0.489 e. The van der Waals surface area contributed by atoms with Gasteiger partial charge < -0.3 is 19.9 Å². The van der Waals surface area contributed by atoms with E-state index >= 15 is 0 Å². The van der Waals surface area contributed by atoms with E-state index in [0.29, 0.717) is 11.8 Å². The number of aliphatic hydroxyl groups is 1. The second kappa shape index (κ2) is 8.52. The molecule has 0 amide bonds. The number of nitrogens with one attached hydrogen (secondary N) is 1. The van der Waals surface area contributed by atoms with Crippen LogP contribution in [0.5, 0.6) is 5.75 Å². The lowest BCUT2D eigenvalue weighted by Crippen LogP contribution is -2.42. The molecule has 2 aliphatic heterocycles. The third-order valence-corrected chi connectivity index (χ3v) is 8.24. The summed E-state index contributed by atoms with van der Waals surface area (Å²) in [6.07, 6.45) is 17.9. The average Bonchev–Trinajstić information content (AvgIpc) is 3.32. The number of hydrogen-bond acceptors (Lipinski definition) is 5. The molecule has 182 valence electrons. The van der Waals surface area contributed by atoms with Gasteiger partial charge in [0.2, 0.25) is 0 Å². The van der Waals surface area contributed by atoms with E-state index in [9.17, 15) is 5.11 Å². The van der Waals surface area contributed by atoms with E-state index in [2.05, 4.69) is 47.8 Å². The van der Waals surface area contributed by atoms with E-state index in [1.165, 1.54) is 21.9 Å². The number of ether oxygens (including phenoxy) is 2. The highest BCUT2D eigenvalue weighted by atomic mass is 16.5. The second-order valence-corrected chi connectivity index (χ2v) is 10.2. The van der Waals surface area contributed by atoms with Gasteiger partial charge in [0, 0.05) is 29.0 Å². The number of rotatable bonds is 3. The van der Waals surface area contributed by atoms with Gasteiger partial charge in [0.1, 0.15) is 18.0 Å². The molecule has 2 aromatic carbocycles. The molecule has 5 heteroatoms. The molecule has 2 heterocycles. The van der Waals surface area contributed by atoms with Gasteiger partial charge in [-0.3, -0.25) is 4.99 Å². The molecule has 0 fully saturated rings. The van der Waals surface area contributed by atoms with Crippen LogP contribution in [0.3, 0.4) is 0 Å². The smallest absolute Gasteiger partial charge is 0.190 e. The van der Waals surface area contributed by atoms with Crippen molar-refractivity contribution in [2.45, 2.75) is 50.0 Å². The summed E-state index contributed by atoms with van der Waals surface area (Å²) in [6.45, 7) is 0. The second-order valence-electron chi connectivity index (χ2n) is 10.2. The maximum Gasteiger partial charge on any atom is 0.190 e. The number of nitrogens with zero attached hydrogens (tertiary/aromatic N) is 1. The maximum absolute atomic E-state index is 10.6. The van der Waals surface area contributed by atoms with Crippen molar-refractivity contribution in [3.8, 4) is 5.75 Å². The van der Waals surface area contributed by atoms with Gasteiger partial charge in [0.25, 0.3) is 0 Å². The summed E-state index contributed by atoms with van der Waals surface area (Å²) in [5.41, 5.74) is 6.28. The van der Waals surface area contributed by atoms with Crippen molar-refractivity contribution < 1.29 is 14.6 Å². The van der Waals surface area contributed by atoms with Crippen LogP contribution in [0.1, 0.15) is 42.7 Å². The highest BCUT2D eigenvalue weighted by Crippen LogP contribution is 2.53. The zero-order chi connectivity index (χ0) is 24.2. The Balaban J connectivity index is 1.38. The molecular weight excluding hydrogens is 448 g/mol. The Morgan fingerprint density at radius 2 is 1.97 bits per heavy atom. The fourth-order valence-electron chi connectivity index (χ4n) is 6.56. The van der Waals surface area contributed by atoms with E-state index < -0.39 is 6.10 Å². The number of fused-ring (bicyclic) bond motifs is 6. The molecule has 2 aromatic rings. The van der Waals surface area contributed by atoms with Crippen LogP contribution < -0.4 is 10.1 Å². The molecule has 0 saturated heterocycles. The summed E-state index contributed by atoms with van der Waals surface area (Å²) in [4.78, 5) is 5.09. The first-order valence-corrected chi connectivity index (χ1v) is 13.0. The van der Waals surface area contributed by atoms with E-state index in [0.717, 1.165) is 42.7 Å². The Labute approximate surface area is 211 Å². The van der Waals surface area contributed by atoms with Gasteiger partial charge in [-0.25, -0.2) is 0 Å². The fraction of sp³-hybridized carbons (Fsp3) is 0.323. The minimum Gasteiger partial charge on any atom is -0.489 e. The normalized spacial score (nSPS) is 30.1. The van der Waals surface area contributed by atoms with Gasteiger partial charge in [-0.2, -0.15) is 0 Å². The first-order valence-electron chi connectivity index (χ1n) is 13.0. The van der Waals surface area contributed by atoms with Crippen LogP contribution in [0.2, 0.25) is 0 Å². The average molecular weight is 479 g/mol. The Kier molecular flexibility index (Phi) is 5.14. The van der Waals surface area contributed by atoms with Crippen LogP contribution in [0, 0.1) is 5.92 Å². The maximum atomic E-state index is 10.6. The van der Waals surface area contributed by atoms with Crippen molar-refractivity contribution in [3.63, 3.8) is 0 Å². The summed E-state index contributed by atoms with van der Waals surface area (Å²) in [6, 6.07) is 10.8. The molecular formula is C31H30N2O3. The molecule has 0 radical (unpaired) electrons. The lowest BCUT2D eigenvalue weighted by molar-refractivity contribution is 0.143. The Morgan fingerprint density at radius 1 is 1.11 bits per heavy atom. The number of aliphatic hydroxyl groups excluding tert-OH is 1. The van der Waals surface area contributed by atoms with Crippen LogP contribution in [0.15, 0.2) is 94.9 Å². The predicted molar refractivity (Wildman–Crippen MR) is 142 cm³/mol. The molecule has 2 N–H and O–H groups in total. The topological polar surface area (TPSA) is 63.1 Å². The summed E-state index contributed by atoms with van der Waals surface area (Å²) in [7, 11) is 1.66. The number of allylic oxidation sites excluding steroid dienone is 6. The fourth-order valence-corrected chi connectivity index (χ4v) is 6.56. The van der Waals surface area contributed by atoms with Gasteiger partial charge in [0.05, 0.1) is 18.9 Å². The van der Waals surface area contributed by atoms with Crippen LogP contribution in [0.25, 0.3) is 10.8 Å². The van der Waals surface area contributed by atoms with E-state index in [1.54, 1.807) is 18.8 Å². The van der Waals surface area contributed by atoms with Crippen LogP contribution in [-0.4, -0.2) is 36.3 Å². The molecule has 7 rings (SSSR count). The zero-order valence-electron chi connectivity index (χ0n) is 20.4. The van der Waals surface area contributed by atoms with Crippen molar-refractivity contribution >= 4 is 16.5 Å². The lowest BCUT2D eigenvalue weighted by atomic mass is 9.73. The van der Waals surface area contributed by atoms with Crippen molar-refractivity contribution in [2.75, 3.05) is 7.11 Å². The molecule has 5 aliphatic rings. The first-order chi connectivity index (χ1) is 17.7. The molecule has 0 saturated carbocycles. The quantitative estimate of drug-likeness (QED) is 0.617. The molecule has 0 spiro atoms. The van der Waals surface area contributed by atoms with Crippen LogP contribution in [0.4, 0.5) is 0 Å². The van der Waals surface area contributed by atoms with Crippen molar-refractivity contribution in [2.24, 2.45) is 10.9 Å². The van der Waals surface area contributed by atoms with Gasteiger partial charge in [-0.15, -0.1) is 0 Å². The van der Waals surface area contributed by atoms with Crippen molar-refractivity contribution in [1.82, 2.24) is 5.32 Å². The highest BCUT2D eigenvalue weighted by Gasteiger charge is 2.42. The van der Waals surface area contributed by atoms with Crippen LogP contribution in [-0.2, 0) is 4.74 Å². The van der Waals surface area contributed by atoms with Crippen LogP contribution >= 0.6 is 0 Å². The Morgan fingerprint density at radius 3 is 2.83 bits per heavy atom. The number of hydrogen-bond donors (Lipinski definition) is 2. The Hall–Kier alpha value is -3.57. The van der Waals surface area contributed by atoms with Gasteiger partial charge in [-0.1, -0.05) is 66.3 Å². The molecule has 0 bridgehead atoms. The number of benzene rings is 2. The lowest BCUT2D eigenvalue weighted by Gasteiger charge is -2.31. The number of methoxy groups -OCH3 is 1. The SMILES string of the molecule is COC1=CC(c2cc3c(c4ccccc24)C2C4=C(C=CCC4)CCC2O3)=NC(C2C=CC=CC2O)N1. The number of aliphatic imine (C=N–C) groups is 1. The summed E-state index contributed by atoms with van der Waals surface area (Å²) in [5, 5.41) is 16.4. The zero-order valence-corrected chi connectivity index (χ0v) is 20.4. The Bertz CT molecular complexity index is 1430. The minimum atomic E-state index is -0.607. The van der Waals surface area contributed by atoms with Gasteiger partial charge in [0.15, 0.2) is 5.88 Å². The van der Waals surface area contributed by atoms with Crippen molar-refractivity contribution in [3.05, 3.63) is 101 Å². The summed E-state index contributed by atoms with van der Waals surface area (Å²) < 4.78 is 12.3. The van der Waals surface area contributed by atoms with Crippen molar-refractivity contribution in [1.29, 1.82) is 0 Å². The van der Waals surface area contributed by atoms with Gasteiger partial charge in [-0.05, 0) is 48.1 Å². The third kappa shape index (κ3) is 3.37. The minimum absolute atomic E-state index is 0.187. The third-order valence-electron chi connectivity index (χ3n) is 8.24. The summed E-state index contributed by atoms with van der Waals surface area (Å²) >= 11 is 0. The highest BCUT2D eigenvalue weighted by molar-refractivity contribution is 6.18. The monoisotopic (exact) mass is 478 g/mol. The summed E-state index contributed by atoms with van der Waals surface area (Å²) in [5.74, 6) is 1.76. The molecule has 3 aliphatic carbocycles. The molecule has 5 unspecified atom stereocenters.